The van der Waals surface area contributed by atoms with Crippen LogP contribution in [0.2, 0.25) is 0 Å². The second-order valence-electron chi connectivity index (χ2n) is 4.47. The van der Waals surface area contributed by atoms with Crippen LogP contribution < -0.4 is 0 Å². The summed E-state index contributed by atoms with van der Waals surface area (Å²) in [5.74, 6) is 0.739. The van der Waals surface area contributed by atoms with Crippen molar-refractivity contribution in [3.05, 3.63) is 42.6 Å². The van der Waals surface area contributed by atoms with Gasteiger partial charge in [-0.05, 0) is 50.2 Å². The molecule has 0 amide bonds. The minimum Gasteiger partial charge on any atom is -0.338 e. The first-order chi connectivity index (χ1) is 7.16. The van der Waals surface area contributed by atoms with Crippen molar-refractivity contribution in [3.63, 3.8) is 0 Å². The molecule has 82 valence electrons. The summed E-state index contributed by atoms with van der Waals surface area (Å²) in [5.41, 5.74) is 1.23. The number of hydrogen-bond acceptors (Lipinski definition) is 1. The van der Waals surface area contributed by atoms with Gasteiger partial charge >= 0.3 is 32.7 Å². The number of halogens is 1. The van der Waals surface area contributed by atoms with Gasteiger partial charge in [-0.15, -0.1) is 5.92 Å². The minimum absolute atomic E-state index is 0. The van der Waals surface area contributed by atoms with Gasteiger partial charge in [-0.3, -0.25) is 0 Å². The molecule has 1 saturated heterocycles. The second kappa shape index (κ2) is 6.23. The van der Waals surface area contributed by atoms with Gasteiger partial charge < -0.3 is 11.8 Å². The monoisotopic (exact) mass is 295 g/mol. The third-order valence-corrected chi connectivity index (χ3v) is 3.24. The van der Waals surface area contributed by atoms with E-state index in [1.165, 1.54) is 5.56 Å². The van der Waals surface area contributed by atoms with Gasteiger partial charge in [-0.1, -0.05) is 12.1 Å². The zero-order chi connectivity index (χ0) is 10.8. The molecule has 0 saturated carbocycles. The summed E-state index contributed by atoms with van der Waals surface area (Å²) in [6.45, 7) is 6.33. The summed E-state index contributed by atoms with van der Waals surface area (Å²) >= 11 is 0. The maximum absolute atomic E-state index is 12.8. The molecule has 1 aliphatic rings. The van der Waals surface area contributed by atoms with Crippen LogP contribution in [0.3, 0.4) is 0 Å². The van der Waals surface area contributed by atoms with Gasteiger partial charge in [0, 0.05) is 0 Å². The van der Waals surface area contributed by atoms with Crippen LogP contribution in [0.1, 0.15) is 17.9 Å². The van der Waals surface area contributed by atoms with Crippen molar-refractivity contribution in [2.75, 3.05) is 20.1 Å². The van der Waals surface area contributed by atoms with E-state index >= 15 is 0 Å². The average molecular weight is 295 g/mol. The molecule has 1 nitrogen and oxygen atoms in total. The molecule has 0 bridgehead atoms. The van der Waals surface area contributed by atoms with Crippen LogP contribution in [0.15, 0.2) is 24.3 Å². The zero-order valence-corrected chi connectivity index (χ0v) is 12.5. The van der Waals surface area contributed by atoms with E-state index in [1.807, 2.05) is 12.1 Å². The fraction of sp³-hybridized carbons (Fsp3) is 0.462. The molecular weight excluding hydrogens is 278 g/mol. The molecule has 0 aromatic heterocycles. The molecule has 2 rings (SSSR count). The molecule has 0 spiro atoms. The SMILES string of the molecule is [CH2-]C1CN(C)CCC1c1ccc(F)cc1.[Y+3]. The maximum atomic E-state index is 12.8. The van der Waals surface area contributed by atoms with Crippen molar-refractivity contribution in [2.45, 2.75) is 12.3 Å². The number of nitrogens with zero attached hydrogens (tertiary/aromatic N) is 1. The van der Waals surface area contributed by atoms with Crippen LogP contribution in [0.5, 0.6) is 0 Å². The normalized spacial score (nSPS) is 26.2. The van der Waals surface area contributed by atoms with E-state index in [9.17, 15) is 4.39 Å². The van der Waals surface area contributed by atoms with Gasteiger partial charge in [0.1, 0.15) is 5.82 Å². The summed E-state index contributed by atoms with van der Waals surface area (Å²) in [5, 5.41) is 0. The predicted octanol–water partition coefficient (Wildman–Crippen LogP) is 2.69. The first kappa shape index (κ1) is 14.3. The first-order valence-electron chi connectivity index (χ1n) is 5.44. The smallest absolute Gasteiger partial charge is 0.338 e. The number of benzene rings is 1. The van der Waals surface area contributed by atoms with E-state index in [1.54, 1.807) is 12.1 Å². The van der Waals surface area contributed by atoms with Crippen molar-refractivity contribution in [3.8, 4) is 0 Å². The molecule has 0 radical (unpaired) electrons. The van der Waals surface area contributed by atoms with Gasteiger partial charge in [0.2, 0.25) is 0 Å². The standard InChI is InChI=1S/C13H17FN.Y/c1-10-9-15(2)8-7-13(10)11-3-5-12(14)6-4-11;/h3-6,10,13H,1,7-9H2,2H3;/q-1;+3. The maximum Gasteiger partial charge on any atom is 3.00 e. The Balaban J connectivity index is 0.00000128. The molecule has 16 heavy (non-hydrogen) atoms. The Labute approximate surface area is 122 Å². The number of likely N-dealkylation sites (tertiary alicyclic amines) is 1. The molecule has 1 aliphatic heterocycles. The van der Waals surface area contributed by atoms with E-state index < -0.39 is 0 Å². The minimum atomic E-state index is -0.160. The molecule has 2 unspecified atom stereocenters. The molecule has 1 aromatic carbocycles. The molecular formula is C13H17FNY+2. The van der Waals surface area contributed by atoms with Gasteiger partial charge in [-0.2, -0.15) is 0 Å². The Hall–Kier alpha value is 0.214. The molecule has 1 fully saturated rings. The molecule has 1 heterocycles. The number of piperidine rings is 1. The molecule has 2 atom stereocenters. The fourth-order valence-electron chi connectivity index (χ4n) is 2.36. The molecule has 0 N–H and O–H groups in total. The summed E-state index contributed by atoms with van der Waals surface area (Å²) in [7, 11) is 2.12. The van der Waals surface area contributed by atoms with E-state index in [-0.39, 0.29) is 38.5 Å². The average Bonchev–Trinajstić information content (AvgIpc) is 2.20. The Morgan fingerprint density at radius 1 is 1.31 bits per heavy atom. The summed E-state index contributed by atoms with van der Waals surface area (Å²) in [6.07, 6.45) is 1.12. The third kappa shape index (κ3) is 3.35. The largest absolute Gasteiger partial charge is 3.00 e. The summed E-state index contributed by atoms with van der Waals surface area (Å²) in [6, 6.07) is 6.87. The van der Waals surface area contributed by atoms with Crippen molar-refractivity contribution in [1.82, 2.24) is 4.90 Å². The number of rotatable bonds is 1. The molecule has 0 aliphatic carbocycles. The van der Waals surface area contributed by atoms with Crippen molar-refractivity contribution >= 4 is 0 Å². The van der Waals surface area contributed by atoms with Crippen LogP contribution in [0.4, 0.5) is 4.39 Å². The van der Waals surface area contributed by atoms with Crippen LogP contribution in [-0.4, -0.2) is 25.0 Å². The Kier molecular flexibility index (Phi) is 5.56. The summed E-state index contributed by atoms with van der Waals surface area (Å²) < 4.78 is 12.8. The van der Waals surface area contributed by atoms with Crippen LogP contribution in [0, 0.1) is 18.7 Å². The topological polar surface area (TPSA) is 3.24 Å². The summed E-state index contributed by atoms with van der Waals surface area (Å²) in [4.78, 5) is 2.30. The van der Waals surface area contributed by atoms with Gasteiger partial charge in [0.05, 0.1) is 0 Å². The molecule has 3 heteroatoms. The van der Waals surface area contributed by atoms with Crippen molar-refractivity contribution < 1.29 is 37.1 Å². The fourth-order valence-corrected chi connectivity index (χ4v) is 2.36. The second-order valence-corrected chi connectivity index (χ2v) is 4.47. The van der Waals surface area contributed by atoms with E-state index in [0.29, 0.717) is 11.8 Å². The Morgan fingerprint density at radius 3 is 2.50 bits per heavy atom. The quantitative estimate of drug-likeness (QED) is 0.720. The first-order valence-corrected chi connectivity index (χ1v) is 5.44. The van der Waals surface area contributed by atoms with Gasteiger partial charge in [0.25, 0.3) is 0 Å². The number of hydrogen-bond donors (Lipinski definition) is 0. The van der Waals surface area contributed by atoms with E-state index in [2.05, 4.69) is 18.9 Å². The Morgan fingerprint density at radius 2 is 1.94 bits per heavy atom. The van der Waals surface area contributed by atoms with Gasteiger partial charge in [0.15, 0.2) is 0 Å². The predicted molar refractivity (Wildman–Crippen MR) is 60.1 cm³/mol. The van der Waals surface area contributed by atoms with Crippen LogP contribution in [0.25, 0.3) is 0 Å². The molecule has 1 aromatic rings. The van der Waals surface area contributed by atoms with Gasteiger partial charge in [-0.25, -0.2) is 4.39 Å². The van der Waals surface area contributed by atoms with Crippen LogP contribution >= 0.6 is 0 Å². The van der Waals surface area contributed by atoms with Crippen molar-refractivity contribution in [1.29, 1.82) is 0 Å². The van der Waals surface area contributed by atoms with E-state index in [0.717, 1.165) is 19.5 Å². The van der Waals surface area contributed by atoms with E-state index in [4.69, 9.17) is 0 Å². The van der Waals surface area contributed by atoms with Crippen molar-refractivity contribution in [2.24, 2.45) is 5.92 Å². The van der Waals surface area contributed by atoms with Crippen LogP contribution in [-0.2, 0) is 32.7 Å². The third-order valence-electron chi connectivity index (χ3n) is 3.24. The zero-order valence-electron chi connectivity index (χ0n) is 9.70. The Bertz CT molecular complexity index is 325.